The molecule has 0 aliphatic carbocycles. The highest BCUT2D eigenvalue weighted by atomic mass is 35.5. The van der Waals surface area contributed by atoms with Gasteiger partial charge in [0.25, 0.3) is 0 Å². The summed E-state index contributed by atoms with van der Waals surface area (Å²) in [6, 6.07) is 3.81. The van der Waals surface area contributed by atoms with Crippen LogP contribution in [0.1, 0.15) is 17.1 Å². The van der Waals surface area contributed by atoms with E-state index >= 15 is 0 Å². The van der Waals surface area contributed by atoms with Crippen LogP contribution in [-0.4, -0.2) is 27.2 Å². The summed E-state index contributed by atoms with van der Waals surface area (Å²) in [6.07, 6.45) is 3.55. The second-order valence-electron chi connectivity index (χ2n) is 4.16. The number of carbonyl (C=O) groups excluding carboxylic acids is 1. The number of nitrogens with zero attached hydrogens (tertiary/aromatic N) is 3. The van der Waals surface area contributed by atoms with Gasteiger partial charge in [0, 0.05) is 31.3 Å². The van der Waals surface area contributed by atoms with Crippen LogP contribution in [0.5, 0.6) is 0 Å². The van der Waals surface area contributed by atoms with Crippen LogP contribution in [0, 0.1) is 0 Å². The van der Waals surface area contributed by atoms with E-state index in [1.807, 2.05) is 23.7 Å². The van der Waals surface area contributed by atoms with Crippen molar-refractivity contribution in [1.29, 1.82) is 0 Å². The Morgan fingerprint density at radius 1 is 1.47 bits per heavy atom. The maximum atomic E-state index is 11.7. The zero-order valence-corrected chi connectivity index (χ0v) is 12.2. The highest BCUT2D eigenvalue weighted by Gasteiger charge is 2.05. The Balaban J connectivity index is 1.66. The van der Waals surface area contributed by atoms with Gasteiger partial charge in [0.2, 0.25) is 5.91 Å². The molecule has 102 valence electrons. The smallest absolute Gasteiger partial charge is 0.220 e. The Labute approximate surface area is 120 Å². The monoisotopic (exact) mass is 298 g/mol. The third-order valence-electron chi connectivity index (χ3n) is 2.70. The number of nitrogens with one attached hydrogen (secondary N) is 1. The van der Waals surface area contributed by atoms with Gasteiger partial charge in [0.05, 0.1) is 4.34 Å². The molecule has 19 heavy (non-hydrogen) atoms. The fraction of sp³-hybridized carbons (Fsp3) is 0.417. The minimum absolute atomic E-state index is 0.0479. The number of rotatable bonds is 6. The molecule has 0 radical (unpaired) electrons. The first-order valence-corrected chi connectivity index (χ1v) is 7.18. The van der Waals surface area contributed by atoms with Gasteiger partial charge in [-0.25, -0.2) is 0 Å². The quantitative estimate of drug-likeness (QED) is 0.885. The fourth-order valence-electron chi connectivity index (χ4n) is 1.66. The lowest BCUT2D eigenvalue weighted by Crippen LogP contribution is -2.26. The first-order valence-electron chi connectivity index (χ1n) is 5.99. The zero-order valence-electron chi connectivity index (χ0n) is 10.6. The SMILES string of the molecule is Cn1cnnc1CCNC(=O)CCc1ccc(Cl)s1. The van der Waals surface area contributed by atoms with Crippen molar-refractivity contribution in [2.24, 2.45) is 7.05 Å². The number of hydrogen-bond acceptors (Lipinski definition) is 4. The maximum absolute atomic E-state index is 11.7. The van der Waals surface area contributed by atoms with Crippen molar-refractivity contribution < 1.29 is 4.79 Å². The molecule has 5 nitrogen and oxygen atoms in total. The van der Waals surface area contributed by atoms with Gasteiger partial charge in [-0.1, -0.05) is 11.6 Å². The van der Waals surface area contributed by atoms with E-state index in [-0.39, 0.29) is 5.91 Å². The van der Waals surface area contributed by atoms with Crippen LogP contribution in [-0.2, 0) is 24.7 Å². The van der Waals surface area contributed by atoms with E-state index in [1.54, 1.807) is 6.33 Å². The summed E-state index contributed by atoms with van der Waals surface area (Å²) in [5, 5.41) is 10.6. The molecule has 7 heteroatoms. The molecule has 0 saturated carbocycles. The predicted octanol–water partition coefficient (Wildman–Crippen LogP) is 1.82. The summed E-state index contributed by atoms with van der Waals surface area (Å²) in [5.74, 6) is 0.914. The summed E-state index contributed by atoms with van der Waals surface area (Å²) >= 11 is 7.35. The number of thiophene rings is 1. The van der Waals surface area contributed by atoms with Crippen LogP contribution >= 0.6 is 22.9 Å². The Morgan fingerprint density at radius 3 is 2.95 bits per heavy atom. The van der Waals surface area contributed by atoms with Gasteiger partial charge in [-0.15, -0.1) is 21.5 Å². The van der Waals surface area contributed by atoms with E-state index in [0.717, 1.165) is 21.5 Å². The van der Waals surface area contributed by atoms with Crippen LogP contribution in [0.25, 0.3) is 0 Å². The minimum atomic E-state index is 0.0479. The molecule has 0 aliphatic rings. The first kappa shape index (κ1) is 14.0. The number of aryl methyl sites for hydroxylation is 2. The van der Waals surface area contributed by atoms with Crippen LogP contribution in [0.15, 0.2) is 18.5 Å². The van der Waals surface area contributed by atoms with E-state index < -0.39 is 0 Å². The zero-order chi connectivity index (χ0) is 13.7. The number of amides is 1. The summed E-state index contributed by atoms with van der Waals surface area (Å²) in [6.45, 7) is 0.580. The Bertz CT molecular complexity index is 551. The molecular weight excluding hydrogens is 284 g/mol. The molecular formula is C12H15ClN4OS. The summed E-state index contributed by atoms with van der Waals surface area (Å²) in [5.41, 5.74) is 0. The summed E-state index contributed by atoms with van der Waals surface area (Å²) in [4.78, 5) is 12.8. The van der Waals surface area contributed by atoms with Crippen molar-refractivity contribution >= 4 is 28.8 Å². The molecule has 0 bridgehead atoms. The van der Waals surface area contributed by atoms with Gasteiger partial charge < -0.3 is 9.88 Å². The minimum Gasteiger partial charge on any atom is -0.356 e. The normalized spacial score (nSPS) is 10.6. The maximum Gasteiger partial charge on any atom is 0.220 e. The van der Waals surface area contributed by atoms with Crippen molar-refractivity contribution in [3.8, 4) is 0 Å². The van der Waals surface area contributed by atoms with Gasteiger partial charge in [-0.3, -0.25) is 4.79 Å². The summed E-state index contributed by atoms with van der Waals surface area (Å²) < 4.78 is 2.61. The average molecular weight is 299 g/mol. The van der Waals surface area contributed by atoms with Crippen LogP contribution < -0.4 is 5.32 Å². The van der Waals surface area contributed by atoms with Crippen LogP contribution in [0.4, 0.5) is 0 Å². The van der Waals surface area contributed by atoms with Gasteiger partial charge >= 0.3 is 0 Å². The van der Waals surface area contributed by atoms with E-state index in [9.17, 15) is 4.79 Å². The Hall–Kier alpha value is -1.40. The molecule has 0 fully saturated rings. The highest BCUT2D eigenvalue weighted by molar-refractivity contribution is 7.16. The number of aromatic nitrogens is 3. The van der Waals surface area contributed by atoms with Crippen molar-refractivity contribution in [1.82, 2.24) is 20.1 Å². The van der Waals surface area contributed by atoms with E-state index in [2.05, 4.69) is 15.5 Å². The third kappa shape index (κ3) is 4.33. The topological polar surface area (TPSA) is 59.8 Å². The van der Waals surface area contributed by atoms with Gasteiger partial charge in [0.1, 0.15) is 12.2 Å². The van der Waals surface area contributed by atoms with Crippen molar-refractivity contribution in [2.75, 3.05) is 6.54 Å². The Kier molecular flexibility index (Phi) is 4.93. The van der Waals surface area contributed by atoms with Gasteiger partial charge in [0.15, 0.2) is 0 Å². The molecule has 0 atom stereocenters. The third-order valence-corrected chi connectivity index (χ3v) is 3.99. The van der Waals surface area contributed by atoms with E-state index in [1.165, 1.54) is 11.3 Å². The summed E-state index contributed by atoms with van der Waals surface area (Å²) in [7, 11) is 1.89. The second-order valence-corrected chi connectivity index (χ2v) is 5.96. The Morgan fingerprint density at radius 2 is 2.32 bits per heavy atom. The molecule has 2 rings (SSSR count). The fourth-order valence-corrected chi connectivity index (χ4v) is 2.75. The van der Waals surface area contributed by atoms with Crippen molar-refractivity contribution in [2.45, 2.75) is 19.3 Å². The number of carbonyl (C=O) groups is 1. The molecule has 0 spiro atoms. The second kappa shape index (κ2) is 6.68. The van der Waals surface area contributed by atoms with Crippen LogP contribution in [0.2, 0.25) is 4.34 Å². The lowest BCUT2D eigenvalue weighted by molar-refractivity contribution is -0.121. The molecule has 1 amide bonds. The molecule has 1 N–H and O–H groups in total. The molecule has 2 aromatic heterocycles. The molecule has 2 aromatic rings. The number of hydrogen-bond donors (Lipinski definition) is 1. The van der Waals surface area contributed by atoms with Gasteiger partial charge in [-0.05, 0) is 18.6 Å². The van der Waals surface area contributed by atoms with Crippen molar-refractivity contribution in [3.63, 3.8) is 0 Å². The highest BCUT2D eigenvalue weighted by Crippen LogP contribution is 2.22. The molecule has 0 unspecified atom stereocenters. The van der Waals surface area contributed by atoms with E-state index in [0.29, 0.717) is 19.4 Å². The molecule has 0 aliphatic heterocycles. The first-order chi connectivity index (χ1) is 9.15. The van der Waals surface area contributed by atoms with Crippen LogP contribution in [0.3, 0.4) is 0 Å². The molecule has 0 saturated heterocycles. The molecule has 2 heterocycles. The standard InChI is InChI=1S/C12H15ClN4OS/c1-17-8-15-16-11(17)6-7-14-12(18)5-3-9-2-4-10(13)19-9/h2,4,8H,3,5-7H2,1H3,(H,14,18). The van der Waals surface area contributed by atoms with Gasteiger partial charge in [-0.2, -0.15) is 0 Å². The lowest BCUT2D eigenvalue weighted by Gasteiger charge is -2.04. The molecule has 0 aromatic carbocycles. The predicted molar refractivity (Wildman–Crippen MR) is 75.4 cm³/mol. The average Bonchev–Trinajstić information content (AvgIpc) is 2.96. The van der Waals surface area contributed by atoms with E-state index in [4.69, 9.17) is 11.6 Å². The largest absolute Gasteiger partial charge is 0.356 e. The van der Waals surface area contributed by atoms with Crippen molar-refractivity contribution in [3.05, 3.63) is 33.5 Å². The number of halogens is 1. The lowest BCUT2D eigenvalue weighted by atomic mass is 10.2.